The molecule has 1 N–H and O–H groups in total. The first-order valence-corrected chi connectivity index (χ1v) is 8.06. The van der Waals surface area contributed by atoms with Gasteiger partial charge in [-0.2, -0.15) is 0 Å². The van der Waals surface area contributed by atoms with Crippen LogP contribution in [0.1, 0.15) is 0 Å². The van der Waals surface area contributed by atoms with E-state index in [1.165, 1.54) is 0 Å². The van der Waals surface area contributed by atoms with E-state index in [9.17, 15) is 9.46 Å². The Morgan fingerprint density at radius 1 is 1.00 bits per heavy atom. The van der Waals surface area contributed by atoms with Gasteiger partial charge in [-0.15, -0.1) is 0 Å². The molecule has 0 spiro atoms. The molecule has 0 aromatic heterocycles. The van der Waals surface area contributed by atoms with E-state index < -0.39 is 6.80 Å². The van der Waals surface area contributed by atoms with Gasteiger partial charge < -0.3 is 9.42 Å². The van der Waals surface area contributed by atoms with E-state index in [-0.39, 0.29) is 0 Å². The summed E-state index contributed by atoms with van der Waals surface area (Å²) in [7, 11) is 0. The average Bonchev–Trinajstić information content (AvgIpc) is 2.40. The molecule has 1 atom stereocenters. The Labute approximate surface area is 103 Å². The molecule has 3 rings (SSSR count). The zero-order valence-corrected chi connectivity index (χ0v) is 10.4. The molecule has 1 heterocycles. The fraction of sp³-hybridized carbons (Fsp3) is 0. The van der Waals surface area contributed by atoms with Gasteiger partial charge in [0.25, 0.3) is 0 Å². The molecule has 2 aromatic rings. The summed E-state index contributed by atoms with van der Waals surface area (Å²) in [5.74, 6) is 0.454. The van der Waals surface area contributed by atoms with Crippen molar-refractivity contribution in [2.75, 3.05) is 0 Å². The summed E-state index contributed by atoms with van der Waals surface area (Å²) in [6, 6.07) is 14.8. The monoisotopic (exact) mass is 264 g/mol. The average molecular weight is 264 g/mol. The Morgan fingerprint density at radius 2 is 1.65 bits per heavy atom. The van der Waals surface area contributed by atoms with Gasteiger partial charge in [0.05, 0.1) is 0 Å². The van der Waals surface area contributed by atoms with Crippen LogP contribution in [0.2, 0.25) is 0 Å². The lowest BCUT2D eigenvalue weighted by Crippen LogP contribution is -1.86. The third-order valence-electron chi connectivity index (χ3n) is 2.49. The summed E-state index contributed by atoms with van der Waals surface area (Å²) in [4.78, 5) is 10.5. The van der Waals surface area contributed by atoms with Crippen molar-refractivity contribution in [3.63, 3.8) is 0 Å². The lowest BCUT2D eigenvalue weighted by Gasteiger charge is -2.09. The van der Waals surface area contributed by atoms with Crippen LogP contribution in [-0.4, -0.2) is 4.89 Å². The van der Waals surface area contributed by atoms with E-state index in [0.717, 1.165) is 27.4 Å². The number of fused-ring (bicyclic) bond motifs is 3. The number of hydrogen-bond acceptors (Lipinski definition) is 3. The van der Waals surface area contributed by atoms with E-state index >= 15 is 0 Å². The van der Waals surface area contributed by atoms with Crippen molar-refractivity contribution in [3.8, 4) is 16.9 Å². The van der Waals surface area contributed by atoms with Crippen LogP contribution in [-0.2, 0) is 4.57 Å². The Balaban J connectivity index is 2.32. The van der Waals surface area contributed by atoms with Gasteiger partial charge in [-0.25, -0.2) is 4.57 Å². The van der Waals surface area contributed by atoms with Crippen LogP contribution >= 0.6 is 18.2 Å². The summed E-state index contributed by atoms with van der Waals surface area (Å²) in [6.07, 6.45) is 0. The molecule has 1 aliphatic rings. The van der Waals surface area contributed by atoms with E-state index in [1.54, 1.807) is 12.1 Å². The largest absolute Gasteiger partial charge is 0.442 e. The molecule has 1 aliphatic heterocycles. The lowest BCUT2D eigenvalue weighted by molar-refractivity contribution is 0.403. The van der Waals surface area contributed by atoms with Crippen molar-refractivity contribution in [2.24, 2.45) is 0 Å². The van der Waals surface area contributed by atoms with Gasteiger partial charge in [0.15, 0.2) is 0 Å². The molecular weight excluding hydrogens is 255 g/mol. The maximum absolute atomic E-state index is 11.9. The predicted octanol–water partition coefficient (Wildman–Crippen LogP) is 3.94. The zero-order chi connectivity index (χ0) is 11.9. The summed E-state index contributed by atoms with van der Waals surface area (Å²) in [5.41, 5.74) is 1.78. The number of hydrogen-bond donors (Lipinski definition) is 1. The van der Waals surface area contributed by atoms with Crippen LogP contribution < -0.4 is 4.52 Å². The van der Waals surface area contributed by atoms with Crippen LogP contribution in [0.4, 0.5) is 0 Å². The van der Waals surface area contributed by atoms with Gasteiger partial charge in [-0.3, -0.25) is 0 Å². The maximum Gasteiger partial charge on any atom is 0.442 e. The first kappa shape index (κ1) is 10.9. The molecule has 86 valence electrons. The van der Waals surface area contributed by atoms with Gasteiger partial charge in [0.1, 0.15) is 5.75 Å². The molecule has 0 aliphatic carbocycles. The highest BCUT2D eigenvalue weighted by atomic mass is 32.7. The molecule has 5 heteroatoms. The Morgan fingerprint density at radius 3 is 2.47 bits per heavy atom. The second-order valence-electron chi connectivity index (χ2n) is 3.64. The molecule has 0 radical (unpaired) electrons. The van der Waals surface area contributed by atoms with Crippen molar-refractivity contribution < 1.29 is 14.0 Å². The highest BCUT2D eigenvalue weighted by Gasteiger charge is 2.30. The zero-order valence-electron chi connectivity index (χ0n) is 8.74. The van der Waals surface area contributed by atoms with E-state index in [0.29, 0.717) is 5.75 Å². The fourth-order valence-electron chi connectivity index (χ4n) is 1.80. The van der Waals surface area contributed by atoms with E-state index in [4.69, 9.17) is 4.52 Å². The van der Waals surface area contributed by atoms with Crippen molar-refractivity contribution in [1.29, 1.82) is 0 Å². The van der Waals surface area contributed by atoms with Gasteiger partial charge in [-0.05, 0) is 17.7 Å². The smallest absolute Gasteiger partial charge is 0.416 e. The van der Waals surface area contributed by atoms with Crippen molar-refractivity contribution >= 4 is 18.2 Å². The van der Waals surface area contributed by atoms with Crippen LogP contribution in [0.15, 0.2) is 53.4 Å². The van der Waals surface area contributed by atoms with Crippen molar-refractivity contribution in [1.82, 2.24) is 0 Å². The van der Waals surface area contributed by atoms with Gasteiger partial charge in [0, 0.05) is 21.8 Å². The number of benzene rings is 2. The minimum absolute atomic E-state index is 0.454. The number of rotatable bonds is 0. The summed E-state index contributed by atoms with van der Waals surface area (Å²) in [6.45, 7) is -3.68. The molecule has 0 saturated carbocycles. The molecule has 0 amide bonds. The Kier molecular flexibility index (Phi) is 2.51. The Bertz CT molecular complexity index is 575. The van der Waals surface area contributed by atoms with Crippen LogP contribution in [0.3, 0.4) is 0 Å². The number of para-hydroxylation sites is 1. The van der Waals surface area contributed by atoms with E-state index in [1.807, 2.05) is 36.4 Å². The summed E-state index contributed by atoms with van der Waals surface area (Å²) < 4.78 is 17.1. The standard InChI is InChI=1S/C12H9O3PS/c13-16(14)15-11-7-3-1-5-9(11)10-6-2-4-8-12(10)17-16/h1-8H,(H,13,14). The van der Waals surface area contributed by atoms with Crippen molar-refractivity contribution in [2.45, 2.75) is 4.90 Å². The molecule has 0 bridgehead atoms. The summed E-state index contributed by atoms with van der Waals surface area (Å²) >= 11 is 0.880. The molecule has 1 unspecified atom stereocenters. The van der Waals surface area contributed by atoms with Crippen molar-refractivity contribution in [3.05, 3.63) is 48.5 Å². The van der Waals surface area contributed by atoms with Gasteiger partial charge in [0.2, 0.25) is 0 Å². The first-order valence-electron chi connectivity index (χ1n) is 5.06. The highest BCUT2D eigenvalue weighted by molar-refractivity contribution is 8.55. The topological polar surface area (TPSA) is 46.5 Å². The normalized spacial score (nSPS) is 21.9. The quantitative estimate of drug-likeness (QED) is 0.732. The van der Waals surface area contributed by atoms with E-state index in [2.05, 4.69) is 0 Å². The van der Waals surface area contributed by atoms with Crippen LogP contribution in [0.25, 0.3) is 11.1 Å². The summed E-state index contributed by atoms with van der Waals surface area (Å²) in [5, 5.41) is 0. The molecule has 3 nitrogen and oxygen atoms in total. The molecule has 17 heavy (non-hydrogen) atoms. The fourth-order valence-corrected chi connectivity index (χ4v) is 4.49. The minimum atomic E-state index is -3.68. The Hall–Kier alpha value is -1.22. The molecule has 0 saturated heterocycles. The second-order valence-corrected chi connectivity index (χ2v) is 7.32. The first-order chi connectivity index (χ1) is 8.16. The van der Waals surface area contributed by atoms with Gasteiger partial charge in [-0.1, -0.05) is 36.4 Å². The van der Waals surface area contributed by atoms with Crippen LogP contribution in [0.5, 0.6) is 5.75 Å². The minimum Gasteiger partial charge on any atom is -0.416 e. The second kappa shape index (κ2) is 3.91. The van der Waals surface area contributed by atoms with Gasteiger partial charge >= 0.3 is 6.80 Å². The third-order valence-corrected chi connectivity index (χ3v) is 5.21. The molecular formula is C12H9O3PS. The van der Waals surface area contributed by atoms with Crippen LogP contribution in [0, 0.1) is 0 Å². The third kappa shape index (κ3) is 2.00. The highest BCUT2D eigenvalue weighted by Crippen LogP contribution is 2.63. The lowest BCUT2D eigenvalue weighted by atomic mass is 10.0. The SMILES string of the molecule is O=P1(O)Oc2ccccc2-c2ccccc2S1. The maximum atomic E-state index is 11.9. The molecule has 2 aromatic carbocycles. The predicted molar refractivity (Wildman–Crippen MR) is 68.2 cm³/mol. The molecule has 0 fully saturated rings.